The van der Waals surface area contributed by atoms with Crippen LogP contribution in [0.25, 0.3) is 0 Å². The summed E-state index contributed by atoms with van der Waals surface area (Å²) >= 11 is 0. The molecule has 0 nitrogen and oxygen atoms in total. The molecule has 0 rings (SSSR count). The van der Waals surface area contributed by atoms with Gasteiger partial charge in [-0.1, -0.05) is 0 Å². The molecule has 0 unspecified atom stereocenters. The van der Waals surface area contributed by atoms with Crippen molar-refractivity contribution in [2.75, 3.05) is 37.0 Å². The first kappa shape index (κ1) is 31.9. The van der Waals surface area contributed by atoms with Crippen LogP contribution >= 0.6 is 15.8 Å². The molecule has 0 aromatic rings. The SMILES string of the molecule is CC[PH+](CC)CC.CC[PH+](CC)CC.[C-]#C.[C-]#C.[Pt+2]. The van der Waals surface area contributed by atoms with Crippen molar-refractivity contribution in [1.82, 2.24) is 0 Å². The van der Waals surface area contributed by atoms with E-state index in [9.17, 15) is 0 Å². The van der Waals surface area contributed by atoms with Gasteiger partial charge in [-0.05, 0) is 57.4 Å². The molecule has 0 heterocycles. The summed E-state index contributed by atoms with van der Waals surface area (Å²) < 4.78 is 0. The van der Waals surface area contributed by atoms with E-state index >= 15 is 0 Å². The minimum absolute atomic E-state index is 0. The molecule has 0 aliphatic rings. The average Bonchev–Trinajstić information content (AvgIpc) is 2.48. The molecule has 0 radical (unpaired) electrons. The second kappa shape index (κ2) is 36.3. The summed E-state index contributed by atoms with van der Waals surface area (Å²) in [7, 11) is 0.275. The van der Waals surface area contributed by atoms with E-state index in [2.05, 4.69) is 54.4 Å². The van der Waals surface area contributed by atoms with Gasteiger partial charge in [0.15, 0.2) is 0 Å². The Bertz CT molecular complexity index is 118. The zero-order valence-corrected chi connectivity index (χ0v) is 18.0. The first-order chi connectivity index (χ1) is 8.69. The molecule has 19 heavy (non-hydrogen) atoms. The molecule has 0 aliphatic carbocycles. The van der Waals surface area contributed by atoms with Gasteiger partial charge in [0.05, 0.1) is 37.0 Å². The summed E-state index contributed by atoms with van der Waals surface area (Å²) in [5.41, 5.74) is 0. The van der Waals surface area contributed by atoms with Crippen LogP contribution in [0.15, 0.2) is 0 Å². The van der Waals surface area contributed by atoms with Crippen LogP contribution in [0.5, 0.6) is 0 Å². The van der Waals surface area contributed by atoms with Gasteiger partial charge in [-0.2, -0.15) is 0 Å². The van der Waals surface area contributed by atoms with Gasteiger partial charge in [-0.3, -0.25) is 0 Å². The number of hydrogen-bond donors (Lipinski definition) is 0. The maximum Gasteiger partial charge on any atom is 2.00 e. The summed E-state index contributed by atoms with van der Waals surface area (Å²) in [4.78, 5) is 0. The van der Waals surface area contributed by atoms with Gasteiger partial charge in [-0.15, -0.1) is 0 Å². The molecule has 0 bridgehead atoms. The van der Waals surface area contributed by atoms with Crippen molar-refractivity contribution in [2.45, 2.75) is 41.5 Å². The summed E-state index contributed by atoms with van der Waals surface area (Å²) in [6.07, 6.45) is 26.7. The zero-order chi connectivity index (χ0) is 15.4. The van der Waals surface area contributed by atoms with Crippen LogP contribution in [-0.4, -0.2) is 37.0 Å². The monoisotopic (exact) mass is 483 g/mol. The number of rotatable bonds is 6. The Balaban J connectivity index is -0.0000000522. The van der Waals surface area contributed by atoms with Crippen molar-refractivity contribution in [1.29, 1.82) is 0 Å². The quantitative estimate of drug-likeness (QED) is 0.286. The molecule has 0 aromatic heterocycles. The third-order valence-electron chi connectivity index (χ3n) is 3.00. The van der Waals surface area contributed by atoms with E-state index in [1.165, 1.54) is 37.0 Å². The van der Waals surface area contributed by atoms with Crippen molar-refractivity contribution < 1.29 is 21.1 Å². The van der Waals surface area contributed by atoms with Gasteiger partial charge in [0, 0.05) is 0 Å². The molecule has 116 valence electrons. The van der Waals surface area contributed by atoms with Gasteiger partial charge in [-0.25, -0.2) is 0 Å². The minimum Gasteiger partial charge on any atom is -0.697 e. The van der Waals surface area contributed by atoms with E-state index < -0.39 is 0 Å². The summed E-state index contributed by atoms with van der Waals surface area (Å²) in [6, 6.07) is 0. The maximum atomic E-state index is 5.25. The van der Waals surface area contributed by atoms with Crippen molar-refractivity contribution in [3.63, 3.8) is 0 Å². The van der Waals surface area contributed by atoms with Gasteiger partial charge in [0.2, 0.25) is 0 Å². The van der Waals surface area contributed by atoms with Crippen molar-refractivity contribution in [2.24, 2.45) is 0 Å². The van der Waals surface area contributed by atoms with Crippen LogP contribution in [0.3, 0.4) is 0 Å². The third-order valence-corrected chi connectivity index (χ3v) is 9.00. The topological polar surface area (TPSA) is 0 Å². The molecule has 3 heteroatoms. The van der Waals surface area contributed by atoms with Crippen LogP contribution in [0.2, 0.25) is 0 Å². The molecular formula is C16H34P2Pt+2. The third kappa shape index (κ3) is 32.3. The Morgan fingerprint density at radius 3 is 0.632 bits per heavy atom. The van der Waals surface area contributed by atoms with E-state index in [-0.39, 0.29) is 36.9 Å². The predicted molar refractivity (Wildman–Crippen MR) is 96.3 cm³/mol. The zero-order valence-electron chi connectivity index (χ0n) is 13.7. The fourth-order valence-electron chi connectivity index (χ4n) is 1.50. The van der Waals surface area contributed by atoms with Crippen molar-refractivity contribution >= 4 is 15.8 Å². The van der Waals surface area contributed by atoms with E-state index in [1.54, 1.807) is 0 Å². The molecule has 0 atom stereocenters. The molecule has 0 aromatic carbocycles. The van der Waals surface area contributed by atoms with Crippen LogP contribution in [0.1, 0.15) is 41.5 Å². The van der Waals surface area contributed by atoms with Gasteiger partial charge >= 0.3 is 21.1 Å². The Morgan fingerprint density at radius 2 is 0.632 bits per heavy atom. The largest absolute Gasteiger partial charge is 2.00 e. The second-order valence-corrected chi connectivity index (χ2v) is 10.9. The van der Waals surface area contributed by atoms with Crippen LogP contribution < -0.4 is 0 Å². The second-order valence-electron chi connectivity index (χ2n) is 3.62. The van der Waals surface area contributed by atoms with Crippen molar-refractivity contribution in [3.05, 3.63) is 12.8 Å². The Labute approximate surface area is 141 Å². The molecule has 0 fully saturated rings. The molecule has 0 saturated heterocycles. The summed E-state index contributed by atoms with van der Waals surface area (Å²) in [6.45, 7) is 13.8. The smallest absolute Gasteiger partial charge is 0.697 e. The standard InChI is InChI=1S/2C6H15P.2C2H.Pt/c2*1-4-7(5-2)6-3;2*1-2;/h2*4-6H2,1-3H3;2*1H;/q;;2*-1;+2/p+2. The van der Waals surface area contributed by atoms with Gasteiger partial charge < -0.3 is 25.7 Å². The molecule has 0 amide bonds. The molecule has 0 N–H and O–H groups in total. The molecule has 0 aliphatic heterocycles. The molecular weight excluding hydrogens is 449 g/mol. The predicted octanol–water partition coefficient (Wildman–Crippen LogP) is 4.93. The first-order valence-corrected chi connectivity index (χ1v) is 11.2. The Morgan fingerprint density at radius 1 is 0.526 bits per heavy atom. The number of hydrogen-bond acceptors (Lipinski definition) is 0. The van der Waals surface area contributed by atoms with Crippen LogP contribution in [-0.2, 0) is 21.1 Å². The fraction of sp³-hybridized carbons (Fsp3) is 0.750. The first-order valence-electron chi connectivity index (χ1n) is 6.94. The van der Waals surface area contributed by atoms with Gasteiger partial charge in [0.25, 0.3) is 0 Å². The van der Waals surface area contributed by atoms with Crippen LogP contribution in [0, 0.1) is 25.7 Å². The Hall–Kier alpha value is 0.668. The minimum atomic E-state index is 0. The molecule has 0 spiro atoms. The molecule has 0 saturated carbocycles. The number of terminal acetylenes is 2. The Kier molecular flexibility index (Phi) is 60.9. The van der Waals surface area contributed by atoms with E-state index in [0.717, 1.165) is 0 Å². The maximum absolute atomic E-state index is 5.25. The fourth-order valence-corrected chi connectivity index (χ4v) is 4.50. The average molecular weight is 483 g/mol. The summed E-state index contributed by atoms with van der Waals surface area (Å²) in [5.74, 6) is 0. The van der Waals surface area contributed by atoms with Crippen LogP contribution in [0.4, 0.5) is 0 Å². The summed E-state index contributed by atoms with van der Waals surface area (Å²) in [5, 5.41) is 0. The van der Waals surface area contributed by atoms with E-state index in [4.69, 9.17) is 12.8 Å². The normalized spacial score (nSPS) is 7.79. The van der Waals surface area contributed by atoms with E-state index in [0.29, 0.717) is 0 Å². The van der Waals surface area contributed by atoms with E-state index in [1.807, 2.05) is 0 Å². The van der Waals surface area contributed by atoms with Gasteiger partial charge in [0.1, 0.15) is 0 Å². The van der Waals surface area contributed by atoms with Crippen molar-refractivity contribution in [3.8, 4) is 12.8 Å².